The zero-order valence-electron chi connectivity index (χ0n) is 18.6. The average Bonchev–Trinajstić information content (AvgIpc) is 2.76. The summed E-state index contributed by atoms with van der Waals surface area (Å²) in [6, 6.07) is 7.23. The van der Waals surface area contributed by atoms with Crippen LogP contribution in [0.4, 0.5) is 0 Å². The molecule has 1 saturated carbocycles. The molecule has 31 heavy (non-hydrogen) atoms. The number of nitrogens with zero attached hydrogens (tertiary/aromatic N) is 1. The lowest BCUT2D eigenvalue weighted by molar-refractivity contribution is -0.118. The van der Waals surface area contributed by atoms with Gasteiger partial charge in [0.1, 0.15) is 0 Å². The van der Waals surface area contributed by atoms with Gasteiger partial charge < -0.3 is 10.6 Å². The van der Waals surface area contributed by atoms with E-state index < -0.39 is 10.0 Å². The molecule has 1 aromatic carbocycles. The summed E-state index contributed by atoms with van der Waals surface area (Å²) < 4.78 is 24.6. The standard InChI is InChI=1S/C22H35N3O4S2/c1-3-25(31(2,28)29)15-9-14-23-22(27)19-12-7-8-13-20(19)30-17-21(26)24-16-18-10-5-4-6-11-18/h7-8,12-13,18H,3-6,9-11,14-17H2,1-2H3,(H,23,27)(H,24,26). The van der Waals surface area contributed by atoms with Crippen LogP contribution in [0, 0.1) is 5.92 Å². The van der Waals surface area contributed by atoms with Gasteiger partial charge in [-0.3, -0.25) is 9.59 Å². The SMILES string of the molecule is CCN(CCCNC(=O)c1ccccc1SCC(=O)NCC1CCCCC1)S(C)(=O)=O. The number of amides is 2. The second-order valence-corrected chi connectivity index (χ2v) is 11.0. The number of thioether (sulfide) groups is 1. The number of sulfonamides is 1. The maximum atomic E-state index is 12.6. The highest BCUT2D eigenvalue weighted by Crippen LogP contribution is 2.24. The van der Waals surface area contributed by atoms with Crippen LogP contribution >= 0.6 is 11.8 Å². The van der Waals surface area contributed by atoms with Crippen LogP contribution in [-0.2, 0) is 14.8 Å². The predicted octanol–water partition coefficient (Wildman–Crippen LogP) is 2.88. The fraction of sp³-hybridized carbons (Fsp3) is 0.636. The molecule has 0 saturated heterocycles. The Morgan fingerprint density at radius 1 is 1.13 bits per heavy atom. The molecule has 0 spiro atoms. The van der Waals surface area contributed by atoms with Crippen molar-refractivity contribution in [2.75, 3.05) is 38.2 Å². The van der Waals surface area contributed by atoms with Gasteiger partial charge in [-0.2, -0.15) is 0 Å². The molecule has 174 valence electrons. The lowest BCUT2D eigenvalue weighted by atomic mass is 9.89. The second kappa shape index (κ2) is 13.1. The highest BCUT2D eigenvalue weighted by molar-refractivity contribution is 8.00. The number of rotatable bonds is 12. The molecule has 0 aromatic heterocycles. The Bertz CT molecular complexity index is 824. The second-order valence-electron chi connectivity index (χ2n) is 7.96. The minimum absolute atomic E-state index is 0.00813. The van der Waals surface area contributed by atoms with Gasteiger partial charge >= 0.3 is 0 Å². The van der Waals surface area contributed by atoms with Crippen molar-refractivity contribution in [3.8, 4) is 0 Å². The number of hydrogen-bond donors (Lipinski definition) is 2. The largest absolute Gasteiger partial charge is 0.355 e. The Morgan fingerprint density at radius 3 is 2.52 bits per heavy atom. The van der Waals surface area contributed by atoms with E-state index in [-0.39, 0.29) is 17.6 Å². The van der Waals surface area contributed by atoms with E-state index in [0.717, 1.165) is 11.4 Å². The van der Waals surface area contributed by atoms with E-state index in [9.17, 15) is 18.0 Å². The minimum Gasteiger partial charge on any atom is -0.355 e. The fourth-order valence-corrected chi connectivity index (χ4v) is 5.54. The lowest BCUT2D eigenvalue weighted by Gasteiger charge is -2.21. The predicted molar refractivity (Wildman–Crippen MR) is 126 cm³/mol. The van der Waals surface area contributed by atoms with Gasteiger partial charge in [-0.1, -0.05) is 38.3 Å². The third-order valence-electron chi connectivity index (χ3n) is 5.49. The van der Waals surface area contributed by atoms with Gasteiger partial charge in [0.2, 0.25) is 15.9 Å². The molecule has 1 aromatic rings. The van der Waals surface area contributed by atoms with E-state index in [1.165, 1.54) is 54.4 Å². The van der Waals surface area contributed by atoms with E-state index in [1.807, 2.05) is 12.1 Å². The summed E-state index contributed by atoms with van der Waals surface area (Å²) in [5.74, 6) is 0.642. The number of benzene rings is 1. The number of carbonyl (C=O) groups is 2. The van der Waals surface area contributed by atoms with Crippen molar-refractivity contribution in [3.63, 3.8) is 0 Å². The van der Waals surface area contributed by atoms with Gasteiger partial charge in [-0.15, -0.1) is 11.8 Å². The van der Waals surface area contributed by atoms with Gasteiger partial charge in [-0.25, -0.2) is 12.7 Å². The van der Waals surface area contributed by atoms with Gasteiger partial charge in [0, 0.05) is 31.1 Å². The van der Waals surface area contributed by atoms with E-state index in [1.54, 1.807) is 19.1 Å². The molecular weight excluding hydrogens is 434 g/mol. The Balaban J connectivity index is 1.78. The van der Waals surface area contributed by atoms with Crippen molar-refractivity contribution in [1.82, 2.24) is 14.9 Å². The Hall–Kier alpha value is -1.58. The van der Waals surface area contributed by atoms with Crippen molar-refractivity contribution in [1.29, 1.82) is 0 Å². The highest BCUT2D eigenvalue weighted by atomic mass is 32.2. The van der Waals surface area contributed by atoms with E-state index in [4.69, 9.17) is 0 Å². The van der Waals surface area contributed by atoms with Crippen LogP contribution in [0.2, 0.25) is 0 Å². The molecule has 7 nitrogen and oxygen atoms in total. The molecule has 1 fully saturated rings. The topological polar surface area (TPSA) is 95.6 Å². The van der Waals surface area contributed by atoms with Crippen LogP contribution in [0.1, 0.15) is 55.8 Å². The van der Waals surface area contributed by atoms with Crippen molar-refractivity contribution in [2.24, 2.45) is 5.92 Å². The summed E-state index contributed by atoms with van der Waals surface area (Å²) in [7, 11) is -3.22. The summed E-state index contributed by atoms with van der Waals surface area (Å²) in [5, 5.41) is 5.88. The van der Waals surface area contributed by atoms with Crippen molar-refractivity contribution >= 4 is 33.6 Å². The van der Waals surface area contributed by atoms with Gasteiger partial charge in [-0.05, 0) is 37.3 Å². The smallest absolute Gasteiger partial charge is 0.252 e. The Labute approximate surface area is 190 Å². The highest BCUT2D eigenvalue weighted by Gasteiger charge is 2.17. The summed E-state index contributed by atoms with van der Waals surface area (Å²) in [6.45, 7) is 3.69. The van der Waals surface area contributed by atoms with Gasteiger partial charge in [0.05, 0.1) is 17.6 Å². The van der Waals surface area contributed by atoms with Crippen LogP contribution in [0.15, 0.2) is 29.2 Å². The molecule has 2 amide bonds. The lowest BCUT2D eigenvalue weighted by Crippen LogP contribution is -2.33. The normalized spacial score (nSPS) is 15.1. The van der Waals surface area contributed by atoms with Crippen LogP contribution in [-0.4, -0.2) is 62.7 Å². The fourth-order valence-electron chi connectivity index (χ4n) is 3.73. The molecule has 2 rings (SSSR count). The van der Waals surface area contributed by atoms with Crippen LogP contribution < -0.4 is 10.6 Å². The third kappa shape index (κ3) is 9.21. The third-order valence-corrected chi connectivity index (χ3v) is 7.95. The maximum Gasteiger partial charge on any atom is 0.252 e. The molecule has 0 unspecified atom stereocenters. The molecule has 0 bridgehead atoms. The maximum absolute atomic E-state index is 12.6. The first-order chi connectivity index (χ1) is 14.8. The molecule has 0 aliphatic heterocycles. The minimum atomic E-state index is -3.22. The Morgan fingerprint density at radius 2 is 1.84 bits per heavy atom. The van der Waals surface area contributed by atoms with E-state index in [2.05, 4.69) is 10.6 Å². The molecule has 1 aliphatic carbocycles. The first-order valence-corrected chi connectivity index (χ1v) is 13.9. The zero-order chi connectivity index (χ0) is 22.7. The summed E-state index contributed by atoms with van der Waals surface area (Å²) >= 11 is 1.36. The zero-order valence-corrected chi connectivity index (χ0v) is 20.2. The number of carbonyl (C=O) groups excluding carboxylic acids is 2. The first-order valence-electron chi connectivity index (χ1n) is 11.0. The molecule has 0 radical (unpaired) electrons. The molecule has 0 atom stereocenters. The molecule has 9 heteroatoms. The molecule has 2 N–H and O–H groups in total. The monoisotopic (exact) mass is 469 g/mol. The molecule has 1 aliphatic rings. The van der Waals surface area contributed by atoms with Crippen LogP contribution in [0.25, 0.3) is 0 Å². The van der Waals surface area contributed by atoms with Gasteiger partial charge in [0.25, 0.3) is 5.91 Å². The van der Waals surface area contributed by atoms with Crippen molar-refractivity contribution in [2.45, 2.75) is 50.3 Å². The first kappa shape index (κ1) is 25.7. The van der Waals surface area contributed by atoms with Crippen molar-refractivity contribution in [3.05, 3.63) is 29.8 Å². The number of hydrogen-bond acceptors (Lipinski definition) is 5. The summed E-state index contributed by atoms with van der Waals surface area (Å²) in [4.78, 5) is 25.6. The van der Waals surface area contributed by atoms with E-state index in [0.29, 0.717) is 37.5 Å². The quantitative estimate of drug-likeness (QED) is 0.363. The van der Waals surface area contributed by atoms with Crippen LogP contribution in [0.3, 0.4) is 0 Å². The Kier molecular flexibility index (Phi) is 10.8. The van der Waals surface area contributed by atoms with Gasteiger partial charge in [0.15, 0.2) is 0 Å². The van der Waals surface area contributed by atoms with Crippen LogP contribution in [0.5, 0.6) is 0 Å². The summed E-state index contributed by atoms with van der Waals surface area (Å²) in [5.41, 5.74) is 0.531. The molecular formula is C22H35N3O4S2. The summed E-state index contributed by atoms with van der Waals surface area (Å²) in [6.07, 6.45) is 7.91. The molecule has 0 heterocycles. The average molecular weight is 470 g/mol. The van der Waals surface area contributed by atoms with Crippen molar-refractivity contribution < 1.29 is 18.0 Å². The van der Waals surface area contributed by atoms with E-state index >= 15 is 0 Å². The number of nitrogens with one attached hydrogen (secondary N) is 2.